The van der Waals surface area contributed by atoms with E-state index in [-0.39, 0.29) is 22.5 Å². The van der Waals surface area contributed by atoms with Crippen LogP contribution in [0.15, 0.2) is 62.8 Å². The smallest absolute Gasteiger partial charge is 0.345 e. The zero-order valence-corrected chi connectivity index (χ0v) is 14.7. The molecule has 1 aromatic heterocycles. The number of hydrazone groups is 1. The van der Waals surface area contributed by atoms with Crippen molar-refractivity contribution in [2.75, 3.05) is 0 Å². The van der Waals surface area contributed by atoms with E-state index in [2.05, 4.69) is 10.5 Å². The number of nitrogens with one attached hydrogen (secondary N) is 1. The highest BCUT2D eigenvalue weighted by atomic mass is 35.5. The van der Waals surface area contributed by atoms with Gasteiger partial charge >= 0.3 is 5.63 Å². The number of amides is 1. The molecular weight excluding hydrogens is 374 g/mol. The third-order valence-electron chi connectivity index (χ3n) is 3.75. The number of nitrogens with zero attached hydrogens (tertiary/aromatic N) is 2. The molecule has 0 aliphatic carbocycles. The van der Waals surface area contributed by atoms with Crippen molar-refractivity contribution < 1.29 is 14.1 Å². The van der Waals surface area contributed by atoms with Crippen LogP contribution in [-0.2, 0) is 0 Å². The second kappa shape index (κ2) is 7.38. The van der Waals surface area contributed by atoms with Crippen LogP contribution in [0.2, 0.25) is 5.02 Å². The molecule has 1 amide bonds. The number of carbonyl (C=O) groups excluding carboxylic acids is 1. The third-order valence-corrected chi connectivity index (χ3v) is 3.98. The number of benzene rings is 2. The normalized spacial score (nSPS) is 11.4. The Kier molecular flexibility index (Phi) is 5.00. The van der Waals surface area contributed by atoms with Crippen LogP contribution in [0.5, 0.6) is 0 Å². The molecule has 1 N–H and O–H groups in total. The van der Waals surface area contributed by atoms with Gasteiger partial charge in [0.05, 0.1) is 16.2 Å². The molecule has 0 bridgehead atoms. The van der Waals surface area contributed by atoms with Gasteiger partial charge in [-0.05, 0) is 43.3 Å². The van der Waals surface area contributed by atoms with Gasteiger partial charge in [0, 0.05) is 28.1 Å². The zero-order valence-electron chi connectivity index (χ0n) is 13.9. The van der Waals surface area contributed by atoms with Gasteiger partial charge in [-0.3, -0.25) is 14.9 Å². The summed E-state index contributed by atoms with van der Waals surface area (Å²) in [6.07, 6.45) is 0. The zero-order chi connectivity index (χ0) is 19.6. The standard InChI is InChI=1S/C18H12ClN3O5/c1-10(15-9-12-8-13(19)4-7-16(12)27-18(15)24)20-21-17(23)11-2-5-14(6-3-11)22(25)26/h2-9H,1H3,(H,21,23)/b20-10+. The van der Waals surface area contributed by atoms with E-state index in [9.17, 15) is 19.7 Å². The molecule has 0 radical (unpaired) electrons. The molecule has 27 heavy (non-hydrogen) atoms. The van der Waals surface area contributed by atoms with E-state index in [0.717, 1.165) is 0 Å². The second-order valence-corrected chi connectivity index (χ2v) is 6.01. The van der Waals surface area contributed by atoms with Gasteiger partial charge in [-0.1, -0.05) is 11.6 Å². The molecule has 0 spiro atoms. The Bertz CT molecular complexity index is 1140. The molecule has 0 unspecified atom stereocenters. The number of halogens is 1. The molecule has 0 saturated heterocycles. The monoisotopic (exact) mass is 385 g/mol. The third kappa shape index (κ3) is 4.01. The first-order valence-corrected chi connectivity index (χ1v) is 8.06. The minimum Gasteiger partial charge on any atom is -0.422 e. The Hall–Kier alpha value is -3.52. The lowest BCUT2D eigenvalue weighted by Gasteiger charge is -2.04. The maximum Gasteiger partial charge on any atom is 0.345 e. The molecule has 136 valence electrons. The van der Waals surface area contributed by atoms with Crippen molar-refractivity contribution in [1.82, 2.24) is 5.43 Å². The van der Waals surface area contributed by atoms with Crippen LogP contribution in [0.1, 0.15) is 22.8 Å². The van der Waals surface area contributed by atoms with Gasteiger partial charge < -0.3 is 4.42 Å². The number of non-ortho nitro benzene ring substituents is 1. The van der Waals surface area contributed by atoms with Crippen molar-refractivity contribution in [2.24, 2.45) is 5.10 Å². The molecule has 8 nitrogen and oxygen atoms in total. The van der Waals surface area contributed by atoms with Gasteiger partial charge in [-0.15, -0.1) is 0 Å². The summed E-state index contributed by atoms with van der Waals surface area (Å²) >= 11 is 5.94. The summed E-state index contributed by atoms with van der Waals surface area (Å²) in [6.45, 7) is 1.54. The molecule has 0 aliphatic rings. The topological polar surface area (TPSA) is 115 Å². The average Bonchev–Trinajstić information content (AvgIpc) is 2.65. The van der Waals surface area contributed by atoms with Crippen LogP contribution in [0.25, 0.3) is 11.0 Å². The van der Waals surface area contributed by atoms with Crippen LogP contribution in [-0.4, -0.2) is 16.5 Å². The van der Waals surface area contributed by atoms with Crippen molar-refractivity contribution in [1.29, 1.82) is 0 Å². The number of fused-ring (bicyclic) bond motifs is 1. The van der Waals surface area contributed by atoms with E-state index in [1.165, 1.54) is 24.3 Å². The fraction of sp³-hybridized carbons (Fsp3) is 0.0556. The minimum absolute atomic E-state index is 0.126. The summed E-state index contributed by atoms with van der Waals surface area (Å²) in [6, 6.07) is 11.5. The van der Waals surface area contributed by atoms with Crippen LogP contribution >= 0.6 is 11.6 Å². The van der Waals surface area contributed by atoms with Crippen LogP contribution < -0.4 is 11.1 Å². The molecule has 3 rings (SSSR count). The second-order valence-electron chi connectivity index (χ2n) is 5.57. The van der Waals surface area contributed by atoms with E-state index in [1.807, 2.05) is 0 Å². The molecule has 1 heterocycles. The summed E-state index contributed by atoms with van der Waals surface area (Å²) in [5, 5.41) is 15.7. The maximum atomic E-state index is 12.1. The number of rotatable bonds is 4. The number of nitro benzene ring substituents is 1. The largest absolute Gasteiger partial charge is 0.422 e. The van der Waals surface area contributed by atoms with Gasteiger partial charge in [-0.25, -0.2) is 10.2 Å². The summed E-state index contributed by atoms with van der Waals surface area (Å²) in [5.41, 5.74) is 2.56. The number of carbonyl (C=O) groups is 1. The molecule has 9 heteroatoms. The van der Waals surface area contributed by atoms with Gasteiger partial charge in [-0.2, -0.15) is 5.10 Å². The first-order chi connectivity index (χ1) is 12.8. The predicted octanol–water partition coefficient (Wildman–Crippen LogP) is 3.51. The highest BCUT2D eigenvalue weighted by Crippen LogP contribution is 2.19. The van der Waals surface area contributed by atoms with E-state index < -0.39 is 16.5 Å². The summed E-state index contributed by atoms with van der Waals surface area (Å²) < 4.78 is 5.22. The molecule has 0 fully saturated rings. The molecule has 0 saturated carbocycles. The van der Waals surface area contributed by atoms with E-state index in [1.54, 1.807) is 31.2 Å². The molecular formula is C18H12ClN3O5. The number of hydrogen-bond donors (Lipinski definition) is 1. The van der Waals surface area contributed by atoms with Crippen molar-refractivity contribution >= 4 is 39.9 Å². The van der Waals surface area contributed by atoms with Crippen molar-refractivity contribution in [3.05, 3.63) is 85.2 Å². The number of nitro groups is 1. The molecule has 2 aromatic carbocycles. The Morgan fingerprint density at radius 1 is 1.19 bits per heavy atom. The Labute approximate surface area is 157 Å². The van der Waals surface area contributed by atoms with Gasteiger partial charge in [0.1, 0.15) is 5.58 Å². The van der Waals surface area contributed by atoms with Crippen molar-refractivity contribution in [2.45, 2.75) is 6.92 Å². The lowest BCUT2D eigenvalue weighted by Crippen LogP contribution is -2.21. The first-order valence-electron chi connectivity index (χ1n) is 7.68. The van der Waals surface area contributed by atoms with Gasteiger partial charge in [0.2, 0.25) is 0 Å². The first kappa shape index (κ1) is 18.3. The lowest BCUT2D eigenvalue weighted by molar-refractivity contribution is -0.384. The lowest BCUT2D eigenvalue weighted by atomic mass is 10.1. The SMILES string of the molecule is C/C(=N\NC(=O)c1ccc([N+](=O)[O-])cc1)c1cc2cc(Cl)ccc2oc1=O. The fourth-order valence-electron chi connectivity index (χ4n) is 2.34. The van der Waals surface area contributed by atoms with Crippen molar-refractivity contribution in [3.63, 3.8) is 0 Å². The fourth-order valence-corrected chi connectivity index (χ4v) is 2.52. The quantitative estimate of drug-likeness (QED) is 0.319. The maximum absolute atomic E-state index is 12.1. The molecule has 0 atom stereocenters. The van der Waals surface area contributed by atoms with E-state index >= 15 is 0 Å². The number of hydrogen-bond acceptors (Lipinski definition) is 6. The summed E-state index contributed by atoms with van der Waals surface area (Å²) in [7, 11) is 0. The van der Waals surface area contributed by atoms with Crippen LogP contribution in [0, 0.1) is 10.1 Å². The van der Waals surface area contributed by atoms with Crippen LogP contribution in [0.3, 0.4) is 0 Å². The van der Waals surface area contributed by atoms with Gasteiger partial charge in [0.15, 0.2) is 0 Å². The minimum atomic E-state index is -0.601. The van der Waals surface area contributed by atoms with Gasteiger partial charge in [0.25, 0.3) is 11.6 Å². The highest BCUT2D eigenvalue weighted by molar-refractivity contribution is 6.31. The summed E-state index contributed by atoms with van der Waals surface area (Å²) in [4.78, 5) is 34.3. The molecule has 0 aliphatic heterocycles. The van der Waals surface area contributed by atoms with Crippen LogP contribution in [0.4, 0.5) is 5.69 Å². The van der Waals surface area contributed by atoms with Crippen molar-refractivity contribution in [3.8, 4) is 0 Å². The summed E-state index contributed by atoms with van der Waals surface area (Å²) in [5.74, 6) is -0.572. The molecule has 3 aromatic rings. The van der Waals surface area contributed by atoms with E-state index in [0.29, 0.717) is 16.0 Å². The average molecular weight is 386 g/mol. The predicted molar refractivity (Wildman–Crippen MR) is 100 cm³/mol. The highest BCUT2D eigenvalue weighted by Gasteiger charge is 2.11. The Morgan fingerprint density at radius 3 is 2.56 bits per heavy atom. The Balaban J connectivity index is 1.83. The van der Waals surface area contributed by atoms with E-state index in [4.69, 9.17) is 16.0 Å². The Morgan fingerprint density at radius 2 is 1.89 bits per heavy atom.